The Morgan fingerprint density at radius 3 is 2.47 bits per heavy atom. The fourth-order valence-electron chi connectivity index (χ4n) is 2.27. The molecule has 1 N–H and O–H groups in total. The van der Waals surface area contributed by atoms with Gasteiger partial charge in [-0.25, -0.2) is 4.79 Å². The van der Waals surface area contributed by atoms with Crippen molar-refractivity contribution in [3.8, 4) is 0 Å². The van der Waals surface area contributed by atoms with E-state index >= 15 is 0 Å². The van der Waals surface area contributed by atoms with Crippen LogP contribution >= 0.6 is 0 Å². The zero-order chi connectivity index (χ0) is 14.3. The lowest BCUT2D eigenvalue weighted by atomic mass is 9.86. The van der Waals surface area contributed by atoms with Gasteiger partial charge in [0.05, 0.1) is 6.61 Å². The number of hydrogen-bond donors (Lipinski definition) is 1. The topological polar surface area (TPSA) is 47.6 Å². The summed E-state index contributed by atoms with van der Waals surface area (Å²) in [4.78, 5) is 11.7. The molecule has 0 aliphatic heterocycles. The van der Waals surface area contributed by atoms with Crippen molar-refractivity contribution in [3.63, 3.8) is 0 Å². The third-order valence-electron chi connectivity index (χ3n) is 3.16. The SMILES string of the molecule is C=CCOC[C@H]1CC[C@H](NC(=O)OC(C)(C)C)CC1. The summed E-state index contributed by atoms with van der Waals surface area (Å²) >= 11 is 0. The van der Waals surface area contributed by atoms with Crippen molar-refractivity contribution >= 4 is 6.09 Å². The minimum absolute atomic E-state index is 0.241. The molecule has 4 nitrogen and oxygen atoms in total. The number of alkyl carbamates (subject to hydrolysis) is 1. The molecule has 1 rings (SSSR count). The fraction of sp³-hybridized carbons (Fsp3) is 0.800. The zero-order valence-corrected chi connectivity index (χ0v) is 12.4. The van der Waals surface area contributed by atoms with Gasteiger partial charge in [0.2, 0.25) is 0 Å². The number of carbonyl (C=O) groups is 1. The minimum Gasteiger partial charge on any atom is -0.444 e. The lowest BCUT2D eigenvalue weighted by Crippen LogP contribution is -2.41. The number of carbonyl (C=O) groups excluding carboxylic acids is 1. The zero-order valence-electron chi connectivity index (χ0n) is 12.4. The lowest BCUT2D eigenvalue weighted by Gasteiger charge is -2.29. The highest BCUT2D eigenvalue weighted by Gasteiger charge is 2.24. The van der Waals surface area contributed by atoms with E-state index in [0.29, 0.717) is 12.5 Å². The fourth-order valence-corrected chi connectivity index (χ4v) is 2.27. The molecule has 1 aliphatic carbocycles. The van der Waals surface area contributed by atoms with Gasteiger partial charge in [0, 0.05) is 12.6 Å². The molecule has 4 heteroatoms. The first-order valence-corrected chi connectivity index (χ1v) is 7.09. The Kier molecular flexibility index (Phi) is 6.35. The Morgan fingerprint density at radius 2 is 1.95 bits per heavy atom. The van der Waals surface area contributed by atoms with Crippen LogP contribution in [0, 0.1) is 5.92 Å². The monoisotopic (exact) mass is 269 g/mol. The van der Waals surface area contributed by atoms with Crippen molar-refractivity contribution in [3.05, 3.63) is 12.7 Å². The normalized spacial score (nSPS) is 23.7. The van der Waals surface area contributed by atoms with Crippen LogP contribution in [0.25, 0.3) is 0 Å². The molecule has 0 aromatic carbocycles. The molecule has 0 aromatic rings. The van der Waals surface area contributed by atoms with Gasteiger partial charge >= 0.3 is 6.09 Å². The van der Waals surface area contributed by atoms with E-state index in [0.717, 1.165) is 32.3 Å². The average molecular weight is 269 g/mol. The summed E-state index contributed by atoms with van der Waals surface area (Å²) in [6.07, 6.45) is 5.66. The largest absolute Gasteiger partial charge is 0.444 e. The van der Waals surface area contributed by atoms with Crippen molar-refractivity contribution < 1.29 is 14.3 Å². The van der Waals surface area contributed by atoms with Crippen molar-refractivity contribution in [2.75, 3.05) is 13.2 Å². The first-order valence-electron chi connectivity index (χ1n) is 7.09. The smallest absolute Gasteiger partial charge is 0.407 e. The molecule has 1 amide bonds. The van der Waals surface area contributed by atoms with E-state index in [1.54, 1.807) is 6.08 Å². The van der Waals surface area contributed by atoms with Gasteiger partial charge in [0.25, 0.3) is 0 Å². The number of hydrogen-bond acceptors (Lipinski definition) is 3. The molecule has 1 aliphatic rings. The predicted molar refractivity (Wildman–Crippen MR) is 76.1 cm³/mol. The number of rotatable bonds is 5. The van der Waals surface area contributed by atoms with E-state index in [2.05, 4.69) is 11.9 Å². The van der Waals surface area contributed by atoms with Gasteiger partial charge in [-0.3, -0.25) is 0 Å². The van der Waals surface area contributed by atoms with Crippen LogP contribution < -0.4 is 5.32 Å². The Labute approximate surface area is 116 Å². The summed E-state index contributed by atoms with van der Waals surface area (Å²) in [5.41, 5.74) is -0.431. The van der Waals surface area contributed by atoms with Gasteiger partial charge in [-0.2, -0.15) is 0 Å². The van der Waals surface area contributed by atoms with E-state index in [-0.39, 0.29) is 12.1 Å². The molecule has 1 fully saturated rings. The molecular formula is C15H27NO3. The van der Waals surface area contributed by atoms with E-state index in [9.17, 15) is 4.79 Å². The number of nitrogens with one attached hydrogen (secondary N) is 1. The quantitative estimate of drug-likeness (QED) is 0.615. The third-order valence-corrected chi connectivity index (χ3v) is 3.16. The van der Waals surface area contributed by atoms with Gasteiger partial charge < -0.3 is 14.8 Å². The van der Waals surface area contributed by atoms with Gasteiger partial charge in [0.15, 0.2) is 0 Å². The van der Waals surface area contributed by atoms with Crippen molar-refractivity contribution in [2.45, 2.75) is 58.1 Å². The van der Waals surface area contributed by atoms with E-state index in [1.807, 2.05) is 20.8 Å². The molecule has 0 saturated heterocycles. The van der Waals surface area contributed by atoms with E-state index in [4.69, 9.17) is 9.47 Å². The van der Waals surface area contributed by atoms with Crippen LogP contribution in [-0.2, 0) is 9.47 Å². The third kappa shape index (κ3) is 7.21. The molecule has 0 atom stereocenters. The van der Waals surface area contributed by atoms with Crippen molar-refractivity contribution in [1.82, 2.24) is 5.32 Å². The van der Waals surface area contributed by atoms with Crippen LogP contribution in [-0.4, -0.2) is 30.9 Å². The molecule has 0 heterocycles. The Balaban J connectivity index is 2.19. The van der Waals surface area contributed by atoms with Gasteiger partial charge in [-0.05, 0) is 52.4 Å². The van der Waals surface area contributed by atoms with E-state index < -0.39 is 5.60 Å². The second-order valence-electron chi connectivity index (χ2n) is 6.19. The molecule has 19 heavy (non-hydrogen) atoms. The summed E-state index contributed by atoms with van der Waals surface area (Å²) in [5.74, 6) is 0.608. The van der Waals surface area contributed by atoms with Crippen molar-refractivity contribution in [2.24, 2.45) is 5.92 Å². The van der Waals surface area contributed by atoms with E-state index in [1.165, 1.54) is 0 Å². The first kappa shape index (κ1) is 16.0. The Morgan fingerprint density at radius 1 is 1.32 bits per heavy atom. The average Bonchev–Trinajstić information content (AvgIpc) is 2.29. The maximum Gasteiger partial charge on any atom is 0.407 e. The van der Waals surface area contributed by atoms with Gasteiger partial charge in [0.1, 0.15) is 5.60 Å². The van der Waals surface area contributed by atoms with Crippen LogP contribution in [0.1, 0.15) is 46.5 Å². The predicted octanol–water partition coefficient (Wildman–Crippen LogP) is 3.27. The summed E-state index contributed by atoms with van der Waals surface area (Å²) in [7, 11) is 0. The molecule has 110 valence electrons. The van der Waals surface area contributed by atoms with Crippen LogP contribution in [0.5, 0.6) is 0 Å². The second-order valence-corrected chi connectivity index (χ2v) is 6.19. The molecule has 0 unspecified atom stereocenters. The van der Waals surface area contributed by atoms with Gasteiger partial charge in [-0.15, -0.1) is 6.58 Å². The standard InChI is InChI=1S/C15H27NO3/c1-5-10-18-11-12-6-8-13(9-7-12)16-14(17)19-15(2,3)4/h5,12-13H,1,6-11H2,2-4H3,(H,16,17)/t12-,13-. The molecule has 0 bridgehead atoms. The summed E-state index contributed by atoms with van der Waals surface area (Å²) in [6.45, 7) is 10.7. The number of amides is 1. The highest BCUT2D eigenvalue weighted by molar-refractivity contribution is 5.68. The van der Waals surface area contributed by atoms with Crippen LogP contribution in [0.2, 0.25) is 0 Å². The molecular weight excluding hydrogens is 242 g/mol. The van der Waals surface area contributed by atoms with Gasteiger partial charge in [-0.1, -0.05) is 6.08 Å². The van der Waals surface area contributed by atoms with Crippen LogP contribution in [0.4, 0.5) is 4.79 Å². The molecule has 0 aromatic heterocycles. The molecule has 0 spiro atoms. The Hall–Kier alpha value is -1.03. The summed E-state index contributed by atoms with van der Waals surface area (Å²) in [5, 5.41) is 2.95. The van der Waals surface area contributed by atoms with Crippen LogP contribution in [0.3, 0.4) is 0 Å². The Bertz CT molecular complexity index is 288. The first-order chi connectivity index (χ1) is 8.90. The molecule has 1 saturated carbocycles. The highest BCUT2D eigenvalue weighted by Crippen LogP contribution is 2.24. The number of ether oxygens (including phenoxy) is 2. The maximum absolute atomic E-state index is 11.7. The summed E-state index contributed by atoms with van der Waals surface area (Å²) in [6, 6.07) is 0.241. The maximum atomic E-state index is 11.7. The lowest BCUT2D eigenvalue weighted by molar-refractivity contribution is 0.0472. The second kappa shape index (κ2) is 7.53. The highest BCUT2D eigenvalue weighted by atomic mass is 16.6. The van der Waals surface area contributed by atoms with Crippen LogP contribution in [0.15, 0.2) is 12.7 Å². The minimum atomic E-state index is -0.431. The summed E-state index contributed by atoms with van der Waals surface area (Å²) < 4.78 is 10.7. The van der Waals surface area contributed by atoms with Crippen molar-refractivity contribution in [1.29, 1.82) is 0 Å². The molecule has 0 radical (unpaired) electrons.